The molecule has 0 saturated carbocycles. The molecule has 0 aliphatic carbocycles. The number of hydrogen-bond donors (Lipinski definition) is 2. The van der Waals surface area contributed by atoms with Crippen LogP contribution in [0.2, 0.25) is 0 Å². The first-order chi connectivity index (χ1) is 11.6. The first-order valence-corrected chi connectivity index (χ1v) is 8.16. The van der Waals surface area contributed by atoms with Crippen molar-refractivity contribution in [3.8, 4) is 11.5 Å². The minimum absolute atomic E-state index is 0.0661. The number of hydrazone groups is 1. The smallest absolute Gasteiger partial charge is 0.286 e. The molecule has 0 radical (unpaired) electrons. The molecule has 1 heterocycles. The Morgan fingerprint density at radius 3 is 2.21 bits per heavy atom. The minimum Gasteiger partial charge on any atom is -0.507 e. The Balaban J connectivity index is 1.85. The highest BCUT2D eigenvalue weighted by Gasteiger charge is 2.32. The third-order valence-electron chi connectivity index (χ3n) is 3.25. The Hall–Kier alpha value is -2.64. The second-order valence-electron chi connectivity index (χ2n) is 4.86. The molecule has 2 N–H and O–H groups in total. The van der Waals surface area contributed by atoms with Crippen molar-refractivity contribution in [2.24, 2.45) is 5.10 Å². The standard InChI is InChI=1S/C17H12N2O3S2/c20-13-7-3-1-5-11(13)9-15-16(22)19(17(23)24-15)18-10-12-6-2-4-8-14(12)21/h1-10,20-21H/b15-9+,18-10+. The molecule has 2 aromatic carbocycles. The highest BCUT2D eigenvalue weighted by atomic mass is 32.2. The number of nitrogens with zero attached hydrogens (tertiary/aromatic N) is 2. The number of benzene rings is 2. The van der Waals surface area contributed by atoms with Gasteiger partial charge in [-0.15, -0.1) is 0 Å². The van der Waals surface area contributed by atoms with Gasteiger partial charge in [-0.1, -0.05) is 42.1 Å². The lowest BCUT2D eigenvalue weighted by molar-refractivity contribution is -0.122. The van der Waals surface area contributed by atoms with Gasteiger partial charge in [0.15, 0.2) is 4.32 Å². The van der Waals surface area contributed by atoms with E-state index in [4.69, 9.17) is 12.2 Å². The van der Waals surface area contributed by atoms with Crippen LogP contribution < -0.4 is 0 Å². The average molecular weight is 356 g/mol. The molecule has 0 atom stereocenters. The maximum absolute atomic E-state index is 12.4. The summed E-state index contributed by atoms with van der Waals surface area (Å²) < 4.78 is 0.286. The number of rotatable bonds is 3. The molecule has 0 unspecified atom stereocenters. The molecule has 0 bridgehead atoms. The average Bonchev–Trinajstić information content (AvgIpc) is 2.83. The lowest BCUT2D eigenvalue weighted by Crippen LogP contribution is -2.22. The van der Waals surface area contributed by atoms with E-state index in [-0.39, 0.29) is 21.7 Å². The molecule has 0 aromatic heterocycles. The van der Waals surface area contributed by atoms with Crippen LogP contribution in [0.15, 0.2) is 58.5 Å². The fourth-order valence-electron chi connectivity index (χ4n) is 2.03. The van der Waals surface area contributed by atoms with Crippen molar-refractivity contribution >= 4 is 46.5 Å². The lowest BCUT2D eigenvalue weighted by atomic mass is 10.2. The summed E-state index contributed by atoms with van der Waals surface area (Å²) >= 11 is 6.29. The van der Waals surface area contributed by atoms with Crippen molar-refractivity contribution < 1.29 is 15.0 Å². The van der Waals surface area contributed by atoms with Crippen LogP contribution in [-0.4, -0.2) is 31.7 Å². The second-order valence-corrected chi connectivity index (χ2v) is 6.53. The van der Waals surface area contributed by atoms with Gasteiger partial charge in [-0.05, 0) is 36.5 Å². The van der Waals surface area contributed by atoms with Crippen LogP contribution in [0.5, 0.6) is 11.5 Å². The zero-order valence-electron chi connectivity index (χ0n) is 12.3. The van der Waals surface area contributed by atoms with E-state index in [0.717, 1.165) is 16.8 Å². The number of para-hydroxylation sites is 2. The molecule has 2 aromatic rings. The van der Waals surface area contributed by atoms with Gasteiger partial charge in [-0.3, -0.25) is 4.79 Å². The van der Waals surface area contributed by atoms with E-state index < -0.39 is 0 Å². The van der Waals surface area contributed by atoms with Crippen molar-refractivity contribution in [3.05, 3.63) is 64.6 Å². The molecule has 1 saturated heterocycles. The van der Waals surface area contributed by atoms with E-state index in [1.54, 1.807) is 48.5 Å². The van der Waals surface area contributed by atoms with E-state index in [9.17, 15) is 15.0 Å². The molecular weight excluding hydrogens is 344 g/mol. The van der Waals surface area contributed by atoms with Crippen LogP contribution in [0.1, 0.15) is 11.1 Å². The molecule has 5 nitrogen and oxygen atoms in total. The Labute approximate surface area is 147 Å². The van der Waals surface area contributed by atoms with E-state index in [1.165, 1.54) is 12.3 Å². The Morgan fingerprint density at radius 1 is 1.00 bits per heavy atom. The van der Waals surface area contributed by atoms with Crippen molar-refractivity contribution in [1.29, 1.82) is 0 Å². The summed E-state index contributed by atoms with van der Waals surface area (Å²) in [4.78, 5) is 12.8. The van der Waals surface area contributed by atoms with Crippen LogP contribution in [0.4, 0.5) is 0 Å². The normalized spacial score (nSPS) is 16.5. The number of phenols is 2. The van der Waals surface area contributed by atoms with E-state index in [2.05, 4.69) is 5.10 Å². The fraction of sp³-hybridized carbons (Fsp3) is 0. The number of carbonyl (C=O) groups is 1. The summed E-state index contributed by atoms with van der Waals surface area (Å²) in [5, 5.41) is 24.7. The molecule has 120 valence electrons. The Bertz CT molecular complexity index is 878. The predicted octanol–water partition coefficient (Wildman–Crippen LogP) is 3.33. The van der Waals surface area contributed by atoms with Gasteiger partial charge in [0.25, 0.3) is 5.91 Å². The van der Waals surface area contributed by atoms with Gasteiger partial charge in [0.1, 0.15) is 11.5 Å². The predicted molar refractivity (Wildman–Crippen MR) is 98.8 cm³/mol. The minimum atomic E-state index is -0.375. The summed E-state index contributed by atoms with van der Waals surface area (Å²) in [6, 6.07) is 13.4. The van der Waals surface area contributed by atoms with Crippen LogP contribution in [0, 0.1) is 0 Å². The maximum atomic E-state index is 12.4. The molecule has 24 heavy (non-hydrogen) atoms. The van der Waals surface area contributed by atoms with Crippen LogP contribution in [-0.2, 0) is 4.79 Å². The third-order valence-corrected chi connectivity index (χ3v) is 4.53. The summed E-state index contributed by atoms with van der Waals surface area (Å²) in [6.07, 6.45) is 2.95. The molecule has 3 rings (SSSR count). The number of amides is 1. The van der Waals surface area contributed by atoms with Gasteiger partial charge in [0.05, 0.1) is 11.1 Å². The molecule has 0 spiro atoms. The third kappa shape index (κ3) is 3.32. The van der Waals surface area contributed by atoms with Crippen molar-refractivity contribution in [2.45, 2.75) is 0 Å². The molecule has 1 amide bonds. The molecular formula is C17H12N2O3S2. The monoisotopic (exact) mass is 356 g/mol. The molecule has 1 fully saturated rings. The maximum Gasteiger partial charge on any atom is 0.286 e. The zero-order valence-corrected chi connectivity index (χ0v) is 13.9. The number of phenolic OH excluding ortho intramolecular Hbond substituents is 2. The SMILES string of the molecule is O=C1/C(=C\c2ccccc2O)SC(=S)N1/N=C/c1ccccc1O. The quantitative estimate of drug-likeness (QED) is 0.501. The fourth-order valence-corrected chi connectivity index (χ4v) is 3.19. The van der Waals surface area contributed by atoms with E-state index in [0.29, 0.717) is 16.0 Å². The highest BCUT2D eigenvalue weighted by molar-refractivity contribution is 8.26. The van der Waals surface area contributed by atoms with Crippen LogP contribution in [0.3, 0.4) is 0 Å². The Morgan fingerprint density at radius 2 is 1.58 bits per heavy atom. The van der Waals surface area contributed by atoms with Crippen LogP contribution >= 0.6 is 24.0 Å². The van der Waals surface area contributed by atoms with Crippen molar-refractivity contribution in [1.82, 2.24) is 5.01 Å². The van der Waals surface area contributed by atoms with Gasteiger partial charge >= 0.3 is 0 Å². The van der Waals surface area contributed by atoms with Gasteiger partial charge in [0, 0.05) is 11.1 Å². The molecule has 7 heteroatoms. The number of thiocarbonyl (C=S) groups is 1. The molecule has 1 aliphatic heterocycles. The van der Waals surface area contributed by atoms with Crippen LogP contribution in [0.25, 0.3) is 6.08 Å². The largest absolute Gasteiger partial charge is 0.507 e. The van der Waals surface area contributed by atoms with Crippen molar-refractivity contribution in [2.75, 3.05) is 0 Å². The van der Waals surface area contributed by atoms with Gasteiger partial charge in [0.2, 0.25) is 0 Å². The summed E-state index contributed by atoms with van der Waals surface area (Å²) in [6.45, 7) is 0. The zero-order chi connectivity index (χ0) is 17.1. The summed E-state index contributed by atoms with van der Waals surface area (Å²) in [5.41, 5.74) is 1.01. The Kier molecular flexibility index (Phi) is 4.64. The number of thioether (sulfide) groups is 1. The number of hydrogen-bond acceptors (Lipinski definition) is 6. The van der Waals surface area contributed by atoms with Gasteiger partial charge in [-0.2, -0.15) is 10.1 Å². The van der Waals surface area contributed by atoms with Gasteiger partial charge in [-0.25, -0.2) is 0 Å². The molecule has 1 aliphatic rings. The first kappa shape index (κ1) is 16.2. The van der Waals surface area contributed by atoms with Gasteiger partial charge < -0.3 is 10.2 Å². The lowest BCUT2D eigenvalue weighted by Gasteiger charge is -2.06. The number of aromatic hydroxyl groups is 2. The first-order valence-electron chi connectivity index (χ1n) is 6.94. The topological polar surface area (TPSA) is 73.1 Å². The highest BCUT2D eigenvalue weighted by Crippen LogP contribution is 2.34. The number of carbonyl (C=O) groups excluding carboxylic acids is 1. The van der Waals surface area contributed by atoms with E-state index >= 15 is 0 Å². The summed E-state index contributed by atoms with van der Waals surface area (Å²) in [7, 11) is 0. The van der Waals surface area contributed by atoms with E-state index in [1.807, 2.05) is 0 Å². The summed E-state index contributed by atoms with van der Waals surface area (Å²) in [5.74, 6) is -0.225. The van der Waals surface area contributed by atoms with Crippen molar-refractivity contribution in [3.63, 3.8) is 0 Å². The second kappa shape index (κ2) is 6.86.